The minimum atomic E-state index is -1.28. The molecule has 0 radical (unpaired) electrons. The van der Waals surface area contributed by atoms with Crippen LogP contribution in [0.1, 0.15) is 17.5 Å². The zero-order chi connectivity index (χ0) is 25.9. The van der Waals surface area contributed by atoms with Crippen molar-refractivity contribution in [1.82, 2.24) is 9.55 Å². The van der Waals surface area contributed by atoms with E-state index in [9.17, 15) is 5.11 Å². The van der Waals surface area contributed by atoms with Crippen LogP contribution in [0.3, 0.4) is 0 Å². The summed E-state index contributed by atoms with van der Waals surface area (Å²) in [6.07, 6.45) is 1.90. The van der Waals surface area contributed by atoms with Gasteiger partial charge < -0.3 is 9.84 Å². The molecule has 2 aromatic heterocycles. The van der Waals surface area contributed by atoms with Crippen molar-refractivity contribution < 1.29 is 14.4 Å². The molecule has 1 saturated carbocycles. The van der Waals surface area contributed by atoms with Crippen LogP contribution in [-0.4, -0.2) is 27.6 Å². The Morgan fingerprint density at radius 3 is 2.28 bits per heavy atom. The van der Waals surface area contributed by atoms with E-state index in [4.69, 9.17) is 9.72 Å². The quantitative estimate of drug-likeness (QED) is 0.217. The summed E-state index contributed by atoms with van der Waals surface area (Å²) in [5.74, 6) is -1.43. The molecule has 5 nitrogen and oxygen atoms in total. The van der Waals surface area contributed by atoms with E-state index in [1.165, 1.54) is 26.9 Å². The molecule has 9 rings (SSSR count). The first-order valence-corrected chi connectivity index (χ1v) is 13.3. The van der Waals surface area contributed by atoms with Crippen molar-refractivity contribution >= 4 is 43.5 Å². The first-order chi connectivity index (χ1) is 19.2. The van der Waals surface area contributed by atoms with Crippen LogP contribution in [0.15, 0.2) is 109 Å². The Balaban J connectivity index is 1.56. The number of hydrogen-bond acceptors (Lipinski definition) is 3. The van der Waals surface area contributed by atoms with Crippen LogP contribution in [0.5, 0.6) is 0 Å². The Labute approximate surface area is 224 Å². The van der Waals surface area contributed by atoms with Crippen molar-refractivity contribution in [2.45, 2.75) is 17.7 Å². The van der Waals surface area contributed by atoms with E-state index in [0.717, 1.165) is 39.1 Å². The van der Waals surface area contributed by atoms with E-state index in [-0.39, 0.29) is 12.0 Å². The largest absolute Gasteiger partial charge is 0.362 e. The lowest BCUT2D eigenvalue weighted by Crippen LogP contribution is -2.41. The zero-order valence-corrected chi connectivity index (χ0v) is 21.2. The second-order valence-corrected chi connectivity index (χ2v) is 10.7. The number of hydrogen-bond donors (Lipinski definition) is 1. The van der Waals surface area contributed by atoms with Crippen molar-refractivity contribution in [1.29, 1.82) is 0 Å². The van der Waals surface area contributed by atoms with Crippen molar-refractivity contribution in [2.24, 2.45) is 0 Å². The van der Waals surface area contributed by atoms with Gasteiger partial charge in [0, 0.05) is 23.7 Å². The van der Waals surface area contributed by atoms with Gasteiger partial charge in [0.15, 0.2) is 6.04 Å². The predicted octanol–water partition coefficient (Wildman–Crippen LogP) is 6.43. The summed E-state index contributed by atoms with van der Waals surface area (Å²) < 4.78 is 10.2. The zero-order valence-electron chi connectivity index (χ0n) is 21.2. The number of methoxy groups -OCH3 is 1. The highest BCUT2D eigenvalue weighted by Crippen LogP contribution is 2.64. The molecule has 1 N–H and O–H groups in total. The number of ether oxygens (including phenoxy) is 1. The molecule has 3 unspecified atom stereocenters. The topological polar surface area (TPSA) is 51.2 Å². The number of aromatic nitrogens is 3. The summed E-state index contributed by atoms with van der Waals surface area (Å²) in [7, 11) is 1.60. The minimum absolute atomic E-state index is 0.155. The number of para-hydroxylation sites is 1. The second kappa shape index (κ2) is 7.29. The van der Waals surface area contributed by atoms with Gasteiger partial charge in [-0.15, -0.1) is 0 Å². The molecule has 0 spiro atoms. The molecule has 3 heterocycles. The van der Waals surface area contributed by atoms with Crippen LogP contribution in [0.25, 0.3) is 60.4 Å². The molecule has 0 bridgehead atoms. The maximum Gasteiger partial charge on any atom is 0.289 e. The summed E-state index contributed by atoms with van der Waals surface area (Å²) in [6.45, 7) is 0. The standard InChI is InChI=1S/C34H24N3O2/c1-39-34(38)30-25-17-15-20-9-5-7-13-23(20)27(25)31-29-28-24-14-8-6-10-21(24)16-18-26(28)37(22-11-3-2-4-12-22)33(29)35-19-36(31)32(30)34/h2-19,30,32,38H,1H3/q+1. The smallest absolute Gasteiger partial charge is 0.289 e. The van der Waals surface area contributed by atoms with Crippen LogP contribution in [0, 0.1) is 0 Å². The number of benzene rings is 5. The van der Waals surface area contributed by atoms with E-state index in [0.29, 0.717) is 0 Å². The Hall–Kier alpha value is -4.58. The molecular formula is C34H24N3O2+. The molecule has 0 saturated heterocycles. The van der Waals surface area contributed by atoms with Crippen LogP contribution >= 0.6 is 0 Å². The minimum Gasteiger partial charge on any atom is -0.362 e. The van der Waals surface area contributed by atoms with Gasteiger partial charge in [-0.1, -0.05) is 84.9 Å². The molecule has 2 aliphatic rings. The fourth-order valence-corrected chi connectivity index (χ4v) is 7.15. The van der Waals surface area contributed by atoms with Gasteiger partial charge in [-0.05, 0) is 50.3 Å². The summed E-state index contributed by atoms with van der Waals surface area (Å²) in [6, 6.07) is 36.0. The van der Waals surface area contributed by atoms with Gasteiger partial charge in [0.05, 0.1) is 11.4 Å². The predicted molar refractivity (Wildman–Crippen MR) is 153 cm³/mol. The molecule has 1 aliphatic heterocycles. The molecular weight excluding hydrogens is 482 g/mol. The summed E-state index contributed by atoms with van der Waals surface area (Å²) in [5, 5.41) is 18.6. The molecule has 0 amide bonds. The lowest BCUT2D eigenvalue weighted by molar-refractivity contribution is -0.703. The Morgan fingerprint density at radius 1 is 0.795 bits per heavy atom. The van der Waals surface area contributed by atoms with Crippen LogP contribution in [0.4, 0.5) is 0 Å². The number of aliphatic hydroxyl groups is 1. The maximum atomic E-state index is 11.6. The Morgan fingerprint density at radius 2 is 1.49 bits per heavy atom. The number of nitrogens with zero attached hydrogens (tertiary/aromatic N) is 3. The van der Waals surface area contributed by atoms with E-state index in [2.05, 4.69) is 106 Å². The first kappa shape index (κ1) is 21.4. The first-order valence-electron chi connectivity index (χ1n) is 13.3. The molecule has 1 fully saturated rings. The summed E-state index contributed by atoms with van der Waals surface area (Å²) in [4.78, 5) is 5.10. The van der Waals surface area contributed by atoms with Gasteiger partial charge in [0.2, 0.25) is 5.79 Å². The van der Waals surface area contributed by atoms with E-state index in [1.807, 2.05) is 12.4 Å². The van der Waals surface area contributed by atoms with Gasteiger partial charge in [0.25, 0.3) is 12.0 Å². The van der Waals surface area contributed by atoms with Crippen LogP contribution in [-0.2, 0) is 4.74 Å². The fraction of sp³-hybridized carbons (Fsp3) is 0.118. The molecule has 1 aliphatic carbocycles. The fourth-order valence-electron chi connectivity index (χ4n) is 7.15. The number of rotatable bonds is 2. The van der Waals surface area contributed by atoms with Gasteiger partial charge in [-0.2, -0.15) is 0 Å². The highest BCUT2D eigenvalue weighted by molar-refractivity contribution is 6.24. The highest BCUT2D eigenvalue weighted by atomic mass is 16.6. The van der Waals surface area contributed by atoms with Crippen molar-refractivity contribution in [3.8, 4) is 16.9 Å². The second-order valence-electron chi connectivity index (χ2n) is 10.7. The third-order valence-corrected chi connectivity index (χ3v) is 8.88. The monoisotopic (exact) mass is 506 g/mol. The lowest BCUT2D eigenvalue weighted by Gasteiger charge is -2.18. The van der Waals surface area contributed by atoms with E-state index >= 15 is 0 Å². The molecule has 5 aromatic carbocycles. The Bertz CT molecular complexity index is 2150. The molecule has 186 valence electrons. The Kier molecular flexibility index (Phi) is 3.99. The van der Waals surface area contributed by atoms with Gasteiger partial charge in [0.1, 0.15) is 11.1 Å². The van der Waals surface area contributed by atoms with Crippen molar-refractivity contribution in [2.75, 3.05) is 7.11 Å². The average molecular weight is 507 g/mol. The third kappa shape index (κ3) is 2.56. The lowest BCUT2D eigenvalue weighted by atomic mass is 9.89. The van der Waals surface area contributed by atoms with Crippen molar-refractivity contribution in [3.05, 3.63) is 115 Å². The SMILES string of the molecule is COC1(O)C2c3ccc4ccccc4c3-c3c4c5c6ccccc6ccc5n(-c5ccccc5)c4nc[n+]3C21. The van der Waals surface area contributed by atoms with Gasteiger partial charge >= 0.3 is 0 Å². The normalized spacial score (nSPS) is 21.3. The number of fused-ring (bicyclic) bond motifs is 14. The molecule has 5 heteroatoms. The van der Waals surface area contributed by atoms with Crippen LogP contribution < -0.4 is 4.57 Å². The average Bonchev–Trinajstić information content (AvgIpc) is 3.48. The van der Waals surface area contributed by atoms with Gasteiger partial charge in [-0.3, -0.25) is 4.57 Å². The summed E-state index contributed by atoms with van der Waals surface area (Å²) in [5.41, 5.74) is 6.43. The molecule has 7 aromatic rings. The van der Waals surface area contributed by atoms with Crippen molar-refractivity contribution in [3.63, 3.8) is 0 Å². The van der Waals surface area contributed by atoms with Crippen LogP contribution in [0.2, 0.25) is 0 Å². The van der Waals surface area contributed by atoms with E-state index in [1.54, 1.807) is 7.11 Å². The van der Waals surface area contributed by atoms with Gasteiger partial charge in [-0.25, -0.2) is 4.57 Å². The van der Waals surface area contributed by atoms with E-state index < -0.39 is 5.79 Å². The molecule has 39 heavy (non-hydrogen) atoms. The third-order valence-electron chi connectivity index (χ3n) is 8.88. The maximum absolute atomic E-state index is 11.6. The molecule has 3 atom stereocenters. The highest BCUT2D eigenvalue weighted by Gasteiger charge is 2.73. The summed E-state index contributed by atoms with van der Waals surface area (Å²) >= 11 is 0.